The van der Waals surface area contributed by atoms with Crippen molar-refractivity contribution in [3.05, 3.63) is 30.3 Å². The summed E-state index contributed by atoms with van der Waals surface area (Å²) in [6, 6.07) is 9.55. The second-order valence-electron chi connectivity index (χ2n) is 5.82. The summed E-state index contributed by atoms with van der Waals surface area (Å²) in [5, 5.41) is 0.717. The second-order valence-corrected chi connectivity index (χ2v) is 8.93. The van der Waals surface area contributed by atoms with E-state index in [1.165, 1.54) is 19.3 Å². The molecule has 0 aliphatic carbocycles. The third kappa shape index (κ3) is 7.31. The molecule has 0 bridgehead atoms. The van der Waals surface area contributed by atoms with E-state index < -0.39 is 7.37 Å². The Bertz CT molecular complexity index is 436. The fourth-order valence-corrected chi connectivity index (χ4v) is 5.31. The van der Waals surface area contributed by atoms with Crippen LogP contribution in [0.4, 0.5) is 0 Å². The molecule has 0 spiro atoms. The number of halogens is 1. The van der Waals surface area contributed by atoms with Gasteiger partial charge >= 0.3 is 0 Å². The highest BCUT2D eigenvalue weighted by Gasteiger charge is 2.28. The average molecular weight is 345 g/mol. The van der Waals surface area contributed by atoms with Gasteiger partial charge < -0.3 is 4.52 Å². The fourth-order valence-electron chi connectivity index (χ4n) is 2.39. The van der Waals surface area contributed by atoms with Crippen LogP contribution in [-0.4, -0.2) is 18.1 Å². The first-order valence-electron chi connectivity index (χ1n) is 8.55. The van der Waals surface area contributed by atoms with Gasteiger partial charge in [-0.3, -0.25) is 4.57 Å². The Hall–Kier alpha value is -0.300. The summed E-state index contributed by atoms with van der Waals surface area (Å²) in [7, 11) is -2.85. The molecule has 0 aliphatic heterocycles. The molecule has 2 unspecified atom stereocenters. The van der Waals surface area contributed by atoms with Crippen LogP contribution in [0.25, 0.3) is 0 Å². The molecule has 126 valence electrons. The van der Waals surface area contributed by atoms with Crippen molar-refractivity contribution >= 4 is 24.3 Å². The Kier molecular flexibility index (Phi) is 10.1. The predicted molar refractivity (Wildman–Crippen MR) is 97.8 cm³/mol. The third-order valence-electron chi connectivity index (χ3n) is 3.76. The minimum atomic E-state index is -2.85. The van der Waals surface area contributed by atoms with Crippen LogP contribution in [0.2, 0.25) is 0 Å². The summed E-state index contributed by atoms with van der Waals surface area (Å²) in [6.07, 6.45) is 8.08. The third-order valence-corrected chi connectivity index (χ3v) is 6.95. The summed E-state index contributed by atoms with van der Waals surface area (Å²) < 4.78 is 19.1. The molecular weight excluding hydrogens is 315 g/mol. The maximum atomic E-state index is 13.3. The number of hydrogen-bond donors (Lipinski definition) is 0. The molecule has 1 aromatic carbocycles. The molecule has 4 heteroatoms. The maximum Gasteiger partial charge on any atom is 0.233 e. The molecule has 0 aliphatic rings. The molecule has 0 amide bonds. The Morgan fingerprint density at radius 3 is 2.36 bits per heavy atom. The quantitative estimate of drug-likeness (QED) is 0.264. The van der Waals surface area contributed by atoms with Gasteiger partial charge in [0.25, 0.3) is 0 Å². The van der Waals surface area contributed by atoms with Crippen molar-refractivity contribution in [1.29, 1.82) is 0 Å². The van der Waals surface area contributed by atoms with Gasteiger partial charge in [0.05, 0.1) is 6.61 Å². The van der Waals surface area contributed by atoms with E-state index in [-0.39, 0.29) is 5.38 Å². The monoisotopic (exact) mass is 344 g/mol. The van der Waals surface area contributed by atoms with Crippen LogP contribution in [0.15, 0.2) is 30.3 Å². The van der Waals surface area contributed by atoms with Crippen molar-refractivity contribution in [2.24, 2.45) is 0 Å². The van der Waals surface area contributed by atoms with Crippen LogP contribution >= 0.6 is 19.0 Å². The molecule has 0 radical (unpaired) electrons. The van der Waals surface area contributed by atoms with Crippen LogP contribution in [0, 0.1) is 0 Å². The summed E-state index contributed by atoms with van der Waals surface area (Å²) in [4.78, 5) is 0. The normalized spacial score (nSPS) is 15.4. The highest BCUT2D eigenvalue weighted by Crippen LogP contribution is 2.47. The molecule has 2 atom stereocenters. The zero-order chi connectivity index (χ0) is 16.3. The zero-order valence-corrected chi connectivity index (χ0v) is 15.6. The van der Waals surface area contributed by atoms with Crippen molar-refractivity contribution in [3.63, 3.8) is 0 Å². The van der Waals surface area contributed by atoms with Gasteiger partial charge in [-0.2, -0.15) is 0 Å². The molecule has 0 aromatic heterocycles. The van der Waals surface area contributed by atoms with Gasteiger partial charge in [-0.1, -0.05) is 64.2 Å². The number of benzene rings is 1. The van der Waals surface area contributed by atoms with E-state index in [0.29, 0.717) is 12.8 Å². The molecule has 2 nitrogen and oxygen atoms in total. The van der Waals surface area contributed by atoms with Crippen LogP contribution in [0.5, 0.6) is 0 Å². The molecule has 22 heavy (non-hydrogen) atoms. The Morgan fingerprint density at radius 2 is 1.73 bits per heavy atom. The first-order chi connectivity index (χ1) is 10.6. The van der Waals surface area contributed by atoms with Crippen molar-refractivity contribution in [2.75, 3.05) is 12.8 Å². The minimum Gasteiger partial charge on any atom is -0.325 e. The summed E-state index contributed by atoms with van der Waals surface area (Å²) >= 11 is 6.45. The Labute approximate surface area is 141 Å². The summed E-state index contributed by atoms with van der Waals surface area (Å²) in [5.74, 6) is 0. The van der Waals surface area contributed by atoms with Crippen molar-refractivity contribution in [1.82, 2.24) is 0 Å². The van der Waals surface area contributed by atoms with E-state index in [1.807, 2.05) is 30.3 Å². The Balaban J connectivity index is 2.63. The highest BCUT2D eigenvalue weighted by atomic mass is 35.5. The van der Waals surface area contributed by atoms with Crippen molar-refractivity contribution in [3.8, 4) is 0 Å². The molecule has 0 heterocycles. The lowest BCUT2D eigenvalue weighted by molar-refractivity contribution is 0.312. The van der Waals surface area contributed by atoms with Crippen LogP contribution < -0.4 is 5.30 Å². The van der Waals surface area contributed by atoms with E-state index in [1.54, 1.807) is 0 Å². The summed E-state index contributed by atoms with van der Waals surface area (Å²) in [5.41, 5.74) is 0. The van der Waals surface area contributed by atoms with Gasteiger partial charge in [-0.05, 0) is 25.0 Å². The topological polar surface area (TPSA) is 26.3 Å². The lowest BCUT2D eigenvalue weighted by atomic mass is 10.1. The summed E-state index contributed by atoms with van der Waals surface area (Å²) in [6.45, 7) is 4.85. The molecule has 1 aromatic rings. The van der Waals surface area contributed by atoms with Gasteiger partial charge in [0.2, 0.25) is 7.37 Å². The van der Waals surface area contributed by atoms with Gasteiger partial charge in [0, 0.05) is 16.8 Å². The fraction of sp³-hybridized carbons (Fsp3) is 0.667. The SMILES string of the molecule is CCCCCCC(Cl)CP(=O)(OCCCC)c1ccccc1. The Morgan fingerprint density at radius 1 is 1.05 bits per heavy atom. The zero-order valence-electron chi connectivity index (χ0n) is 14.0. The second kappa shape index (κ2) is 11.3. The van der Waals surface area contributed by atoms with Crippen LogP contribution in [0.3, 0.4) is 0 Å². The standard InChI is InChI=1S/C18H30ClO2P/c1-3-5-7-9-12-17(19)16-22(20,21-15-6-4-2)18-13-10-8-11-14-18/h8,10-11,13-14,17H,3-7,9,12,15-16H2,1-2H3. The molecule has 0 saturated carbocycles. The minimum absolute atomic E-state index is 0.0791. The van der Waals surface area contributed by atoms with Crippen LogP contribution in [-0.2, 0) is 9.09 Å². The maximum absolute atomic E-state index is 13.3. The van der Waals surface area contributed by atoms with Gasteiger partial charge in [0.1, 0.15) is 0 Å². The number of hydrogen-bond acceptors (Lipinski definition) is 2. The van der Waals surface area contributed by atoms with E-state index in [9.17, 15) is 4.57 Å². The van der Waals surface area contributed by atoms with Crippen LogP contribution in [0.1, 0.15) is 58.8 Å². The molecule has 0 fully saturated rings. The van der Waals surface area contributed by atoms with Gasteiger partial charge in [0.15, 0.2) is 0 Å². The highest BCUT2D eigenvalue weighted by molar-refractivity contribution is 7.67. The average Bonchev–Trinajstić information content (AvgIpc) is 2.53. The smallest absolute Gasteiger partial charge is 0.233 e. The van der Waals surface area contributed by atoms with E-state index >= 15 is 0 Å². The molecular formula is C18H30ClO2P. The largest absolute Gasteiger partial charge is 0.325 e. The molecule has 0 saturated heterocycles. The van der Waals surface area contributed by atoms with Crippen molar-refractivity contribution in [2.45, 2.75) is 64.2 Å². The molecule has 0 N–H and O–H groups in total. The van der Waals surface area contributed by atoms with Gasteiger partial charge in [-0.15, -0.1) is 11.6 Å². The number of rotatable bonds is 12. The van der Waals surface area contributed by atoms with E-state index in [4.69, 9.17) is 16.1 Å². The number of unbranched alkanes of at least 4 members (excludes halogenated alkanes) is 4. The lowest BCUT2D eigenvalue weighted by Gasteiger charge is -2.21. The van der Waals surface area contributed by atoms with Gasteiger partial charge in [-0.25, -0.2) is 0 Å². The molecule has 1 rings (SSSR count). The predicted octanol–water partition coefficient (Wildman–Crippen LogP) is 5.98. The van der Waals surface area contributed by atoms with Crippen molar-refractivity contribution < 1.29 is 9.09 Å². The lowest BCUT2D eigenvalue weighted by Crippen LogP contribution is -2.17. The first kappa shape index (κ1) is 19.7. The first-order valence-corrected chi connectivity index (χ1v) is 10.8. The number of alkyl halides is 1. The van der Waals surface area contributed by atoms with E-state index in [2.05, 4.69) is 13.8 Å². The van der Waals surface area contributed by atoms with E-state index in [0.717, 1.165) is 31.0 Å².